The first-order valence-electron chi connectivity index (χ1n) is 8.98. The van der Waals surface area contributed by atoms with E-state index >= 15 is 0 Å². The number of morpholine rings is 1. The summed E-state index contributed by atoms with van der Waals surface area (Å²) in [6, 6.07) is 8.50. The largest absolute Gasteiger partial charge is 0.383 e. The van der Waals surface area contributed by atoms with E-state index in [0.717, 1.165) is 29.7 Å². The van der Waals surface area contributed by atoms with Gasteiger partial charge in [-0.25, -0.2) is 4.98 Å². The molecule has 7 nitrogen and oxygen atoms in total. The van der Waals surface area contributed by atoms with Crippen molar-refractivity contribution >= 4 is 22.8 Å². The average Bonchev–Trinajstić information content (AvgIpc) is 2.96. The van der Waals surface area contributed by atoms with Crippen molar-refractivity contribution in [2.24, 2.45) is 7.05 Å². The molecule has 4 rings (SSSR count). The summed E-state index contributed by atoms with van der Waals surface area (Å²) < 4.78 is 7.11. The fraction of sp³-hybridized carbons (Fsp3) is 0.421. The van der Waals surface area contributed by atoms with Gasteiger partial charge in [0.2, 0.25) is 5.95 Å². The molecular weight excluding hydrogens is 328 g/mol. The lowest BCUT2D eigenvalue weighted by atomic mass is 10.00. The summed E-state index contributed by atoms with van der Waals surface area (Å²) in [6.45, 7) is 7.30. The maximum atomic E-state index is 6.27. The molecular formula is C19H24N6O. The van der Waals surface area contributed by atoms with E-state index in [2.05, 4.69) is 53.1 Å². The third-order valence-corrected chi connectivity index (χ3v) is 4.87. The van der Waals surface area contributed by atoms with Gasteiger partial charge in [-0.05, 0) is 11.5 Å². The van der Waals surface area contributed by atoms with Gasteiger partial charge in [-0.15, -0.1) is 0 Å². The van der Waals surface area contributed by atoms with E-state index in [1.807, 2.05) is 7.05 Å². The van der Waals surface area contributed by atoms with Gasteiger partial charge in [-0.1, -0.05) is 38.1 Å². The molecule has 0 atom stereocenters. The Hall–Kier alpha value is -2.67. The highest BCUT2D eigenvalue weighted by atomic mass is 16.5. The summed E-state index contributed by atoms with van der Waals surface area (Å²) in [6.07, 6.45) is 0. The van der Waals surface area contributed by atoms with Crippen molar-refractivity contribution in [1.29, 1.82) is 0 Å². The quantitative estimate of drug-likeness (QED) is 0.780. The molecule has 0 saturated carbocycles. The van der Waals surface area contributed by atoms with Crippen molar-refractivity contribution in [2.45, 2.75) is 19.8 Å². The van der Waals surface area contributed by atoms with Crippen LogP contribution in [0.4, 0.5) is 11.8 Å². The molecule has 1 aromatic carbocycles. The second-order valence-electron chi connectivity index (χ2n) is 6.96. The van der Waals surface area contributed by atoms with Crippen molar-refractivity contribution in [3.63, 3.8) is 0 Å². The smallest absolute Gasteiger partial charge is 0.228 e. The Bertz CT molecular complexity index is 925. The van der Waals surface area contributed by atoms with Crippen LogP contribution >= 0.6 is 0 Å². The summed E-state index contributed by atoms with van der Waals surface area (Å²) >= 11 is 0. The SMILES string of the molecule is CC(C)c1ccc(-c2nc(N3CCOCC3)nc3nn(C)c(N)c23)cc1. The predicted octanol–water partition coefficient (Wildman–Crippen LogP) is 2.57. The van der Waals surface area contributed by atoms with Crippen molar-refractivity contribution < 1.29 is 4.74 Å². The molecule has 0 amide bonds. The number of nitrogen functional groups attached to an aromatic ring is 1. The number of ether oxygens (including phenoxy) is 1. The molecule has 26 heavy (non-hydrogen) atoms. The minimum atomic E-state index is 0.488. The van der Waals surface area contributed by atoms with Gasteiger partial charge in [0.05, 0.1) is 24.3 Å². The fourth-order valence-corrected chi connectivity index (χ4v) is 3.24. The van der Waals surface area contributed by atoms with Gasteiger partial charge in [0.1, 0.15) is 5.82 Å². The number of fused-ring (bicyclic) bond motifs is 1. The summed E-state index contributed by atoms with van der Waals surface area (Å²) in [5, 5.41) is 5.29. The highest BCUT2D eigenvalue weighted by Crippen LogP contribution is 2.32. The number of benzene rings is 1. The molecule has 3 heterocycles. The lowest BCUT2D eigenvalue weighted by molar-refractivity contribution is 0.122. The Morgan fingerprint density at radius 3 is 2.42 bits per heavy atom. The molecule has 7 heteroatoms. The van der Waals surface area contributed by atoms with Gasteiger partial charge >= 0.3 is 0 Å². The molecule has 1 saturated heterocycles. The summed E-state index contributed by atoms with van der Waals surface area (Å²) in [4.78, 5) is 11.7. The minimum Gasteiger partial charge on any atom is -0.383 e. The lowest BCUT2D eigenvalue weighted by Crippen LogP contribution is -2.37. The summed E-state index contributed by atoms with van der Waals surface area (Å²) in [5.74, 6) is 1.75. The summed E-state index contributed by atoms with van der Waals surface area (Å²) in [7, 11) is 1.83. The van der Waals surface area contributed by atoms with Crippen LogP contribution < -0.4 is 10.6 Å². The average molecular weight is 352 g/mol. The maximum absolute atomic E-state index is 6.27. The van der Waals surface area contributed by atoms with Crippen molar-refractivity contribution in [1.82, 2.24) is 19.7 Å². The van der Waals surface area contributed by atoms with Crippen molar-refractivity contribution in [3.8, 4) is 11.3 Å². The topological polar surface area (TPSA) is 82.1 Å². The number of anilines is 2. The van der Waals surface area contributed by atoms with Crippen molar-refractivity contribution in [3.05, 3.63) is 29.8 Å². The lowest BCUT2D eigenvalue weighted by Gasteiger charge is -2.27. The highest BCUT2D eigenvalue weighted by Gasteiger charge is 2.21. The van der Waals surface area contributed by atoms with Gasteiger partial charge in [0, 0.05) is 25.7 Å². The number of nitrogens with two attached hydrogens (primary N) is 1. The first kappa shape index (κ1) is 16.8. The fourth-order valence-electron chi connectivity index (χ4n) is 3.24. The van der Waals surface area contributed by atoms with Gasteiger partial charge in [0.25, 0.3) is 0 Å². The van der Waals surface area contributed by atoms with E-state index in [0.29, 0.717) is 36.5 Å². The Kier molecular flexibility index (Phi) is 4.24. The molecule has 1 fully saturated rings. The monoisotopic (exact) mass is 352 g/mol. The van der Waals surface area contributed by atoms with Crippen LogP contribution in [0.3, 0.4) is 0 Å². The molecule has 0 radical (unpaired) electrons. The van der Waals surface area contributed by atoms with Gasteiger partial charge < -0.3 is 15.4 Å². The molecule has 0 bridgehead atoms. The van der Waals surface area contributed by atoms with E-state index < -0.39 is 0 Å². The molecule has 1 aliphatic heterocycles. The van der Waals surface area contributed by atoms with Crippen LogP contribution in [0.25, 0.3) is 22.3 Å². The van der Waals surface area contributed by atoms with E-state index in [-0.39, 0.29) is 0 Å². The maximum Gasteiger partial charge on any atom is 0.228 e. The van der Waals surface area contributed by atoms with E-state index in [4.69, 9.17) is 15.5 Å². The van der Waals surface area contributed by atoms with Crippen LogP contribution in [0.15, 0.2) is 24.3 Å². The van der Waals surface area contributed by atoms with Crippen LogP contribution in [0.5, 0.6) is 0 Å². The van der Waals surface area contributed by atoms with Crippen LogP contribution in [0.1, 0.15) is 25.3 Å². The molecule has 136 valence electrons. The van der Waals surface area contributed by atoms with Crippen LogP contribution in [0, 0.1) is 0 Å². The second kappa shape index (κ2) is 6.57. The molecule has 0 spiro atoms. The van der Waals surface area contributed by atoms with E-state index in [9.17, 15) is 0 Å². The van der Waals surface area contributed by atoms with Crippen LogP contribution in [-0.4, -0.2) is 46.1 Å². The predicted molar refractivity (Wildman–Crippen MR) is 103 cm³/mol. The van der Waals surface area contributed by atoms with Gasteiger partial charge in [0.15, 0.2) is 5.65 Å². The summed E-state index contributed by atoms with van der Waals surface area (Å²) in [5.41, 5.74) is 10.1. The van der Waals surface area contributed by atoms with Crippen LogP contribution in [0.2, 0.25) is 0 Å². The Morgan fingerprint density at radius 2 is 1.77 bits per heavy atom. The Morgan fingerprint density at radius 1 is 1.08 bits per heavy atom. The molecule has 2 aromatic heterocycles. The zero-order valence-electron chi connectivity index (χ0n) is 15.4. The Labute approximate surface area is 152 Å². The highest BCUT2D eigenvalue weighted by molar-refractivity contribution is 5.98. The standard InChI is InChI=1S/C19H24N6O/c1-12(2)13-4-6-14(7-5-13)16-15-17(20)24(3)23-18(15)22-19(21-16)25-8-10-26-11-9-25/h4-7,12H,8-11,20H2,1-3H3. The molecule has 0 unspecified atom stereocenters. The third kappa shape index (κ3) is 2.88. The molecule has 2 N–H and O–H groups in total. The van der Waals surface area contributed by atoms with Crippen molar-refractivity contribution in [2.75, 3.05) is 36.9 Å². The van der Waals surface area contributed by atoms with E-state index in [1.54, 1.807) is 4.68 Å². The molecule has 0 aliphatic carbocycles. The number of nitrogens with zero attached hydrogens (tertiary/aromatic N) is 5. The molecule has 1 aliphatic rings. The third-order valence-electron chi connectivity index (χ3n) is 4.87. The Balaban J connectivity index is 1.87. The number of aromatic nitrogens is 4. The number of hydrogen-bond acceptors (Lipinski definition) is 6. The first-order valence-corrected chi connectivity index (χ1v) is 8.98. The molecule has 3 aromatic rings. The zero-order chi connectivity index (χ0) is 18.3. The number of rotatable bonds is 3. The number of hydrogen-bond donors (Lipinski definition) is 1. The van der Waals surface area contributed by atoms with Crippen LogP contribution in [-0.2, 0) is 11.8 Å². The number of aryl methyl sites for hydroxylation is 1. The van der Waals surface area contributed by atoms with Gasteiger partial charge in [-0.3, -0.25) is 4.68 Å². The normalized spacial score (nSPS) is 15.2. The first-order chi connectivity index (χ1) is 12.5. The zero-order valence-corrected chi connectivity index (χ0v) is 15.4. The van der Waals surface area contributed by atoms with Gasteiger partial charge in [-0.2, -0.15) is 10.1 Å². The van der Waals surface area contributed by atoms with E-state index in [1.165, 1.54) is 5.56 Å². The second-order valence-corrected chi connectivity index (χ2v) is 6.96. The minimum absolute atomic E-state index is 0.488.